The minimum absolute atomic E-state index is 0.176. The second-order valence-electron chi connectivity index (χ2n) is 7.50. The molecule has 0 spiro atoms. The number of aliphatic hydroxyl groups is 1. The Morgan fingerprint density at radius 2 is 2.03 bits per heavy atom. The number of rotatable bonds is 3. The van der Waals surface area contributed by atoms with Gasteiger partial charge in [-0.05, 0) is 24.3 Å². The van der Waals surface area contributed by atoms with Crippen molar-refractivity contribution < 1.29 is 27.8 Å². The summed E-state index contributed by atoms with van der Waals surface area (Å²) in [4.78, 5) is 28.5. The van der Waals surface area contributed by atoms with Crippen molar-refractivity contribution in [1.29, 1.82) is 0 Å². The predicted octanol–water partition coefficient (Wildman–Crippen LogP) is 3.13. The lowest BCUT2D eigenvalue weighted by Gasteiger charge is -2.44. The average molecular weight is 458 g/mol. The first-order valence-electron chi connectivity index (χ1n) is 9.86. The van der Waals surface area contributed by atoms with E-state index in [1.54, 1.807) is 17.0 Å². The summed E-state index contributed by atoms with van der Waals surface area (Å²) in [5.74, 6) is 0.650. The van der Waals surface area contributed by atoms with Crippen molar-refractivity contribution in [1.82, 2.24) is 15.0 Å². The number of benzene rings is 1. The van der Waals surface area contributed by atoms with E-state index in [9.17, 15) is 23.1 Å². The van der Waals surface area contributed by atoms with Gasteiger partial charge < -0.3 is 14.7 Å². The van der Waals surface area contributed by atoms with Crippen LogP contribution in [0, 0.1) is 0 Å². The predicted molar refractivity (Wildman–Crippen MR) is 112 cm³/mol. The third kappa shape index (κ3) is 3.57. The molecule has 0 saturated carbocycles. The van der Waals surface area contributed by atoms with Gasteiger partial charge in [-0.1, -0.05) is 12.1 Å². The molecule has 5 rings (SSSR count). The highest BCUT2D eigenvalue weighted by molar-refractivity contribution is 6.06. The number of fused-ring (bicyclic) bond motifs is 3. The van der Waals surface area contributed by atoms with Crippen LogP contribution in [0.2, 0.25) is 0 Å². The summed E-state index contributed by atoms with van der Waals surface area (Å²) in [6, 6.07) is 8.88. The molecular formula is C21H17F3N6O3. The number of anilines is 3. The van der Waals surface area contributed by atoms with Crippen LogP contribution in [0.25, 0.3) is 11.3 Å². The smallest absolute Gasteiger partial charge is 0.416 e. The van der Waals surface area contributed by atoms with Gasteiger partial charge in [-0.25, -0.2) is 19.7 Å². The van der Waals surface area contributed by atoms with Crippen LogP contribution < -0.4 is 19.9 Å². The van der Waals surface area contributed by atoms with Gasteiger partial charge in [0.2, 0.25) is 5.88 Å². The van der Waals surface area contributed by atoms with Gasteiger partial charge in [-0.15, -0.1) is 0 Å². The maximum atomic E-state index is 13.2. The molecule has 1 fully saturated rings. The minimum atomic E-state index is -4.49. The third-order valence-electron chi connectivity index (χ3n) is 5.49. The summed E-state index contributed by atoms with van der Waals surface area (Å²) >= 11 is 0. The van der Waals surface area contributed by atoms with Crippen LogP contribution >= 0.6 is 0 Å². The molecule has 1 saturated heterocycles. The van der Waals surface area contributed by atoms with Crippen LogP contribution in [0.5, 0.6) is 5.88 Å². The van der Waals surface area contributed by atoms with Crippen LogP contribution in [0.4, 0.5) is 35.3 Å². The number of aliphatic hydroxyl groups excluding tert-OH is 1. The van der Waals surface area contributed by atoms with Crippen molar-refractivity contribution in [2.24, 2.45) is 0 Å². The zero-order chi connectivity index (χ0) is 23.3. The molecule has 1 aromatic carbocycles. The molecule has 2 N–H and O–H groups in total. The Morgan fingerprint density at radius 3 is 2.76 bits per heavy atom. The molecule has 12 heteroatoms. The number of nitrogens with one attached hydrogen (secondary N) is 1. The van der Waals surface area contributed by atoms with E-state index in [-0.39, 0.29) is 28.8 Å². The Hall–Kier alpha value is -3.93. The number of methoxy groups -OCH3 is 1. The first kappa shape index (κ1) is 20.9. The summed E-state index contributed by atoms with van der Waals surface area (Å²) in [6.07, 6.45) is -4.78. The number of carbonyl (C=O) groups excluding carboxylic acids is 1. The number of alkyl halides is 3. The van der Waals surface area contributed by atoms with E-state index in [0.717, 1.165) is 12.1 Å². The standard InChI is InChI=1S/C21H17F3N6O3/c1-33-17-8-16(25-10-26-17)28-20(32)30-18-14(29-9-15(31)19(29)30)6-5-13(27-18)11-3-2-4-12(7-11)21(22,23)24/h2-8,10,15,19,31H,9H2,1H3,(H,25,26,28,32)/t15-,19?/m1/s1. The molecule has 2 aromatic heterocycles. The van der Waals surface area contributed by atoms with Gasteiger partial charge in [0.05, 0.1) is 30.6 Å². The number of hydrogen-bond donors (Lipinski definition) is 2. The molecule has 0 aliphatic carbocycles. The summed E-state index contributed by atoms with van der Waals surface area (Å²) in [6.45, 7) is 0.299. The average Bonchev–Trinajstić information content (AvgIpc) is 3.06. The number of hydrogen-bond acceptors (Lipinski definition) is 7. The van der Waals surface area contributed by atoms with Gasteiger partial charge in [0.1, 0.15) is 24.4 Å². The number of urea groups is 1. The molecular weight excluding hydrogens is 441 g/mol. The van der Waals surface area contributed by atoms with Crippen molar-refractivity contribution in [2.75, 3.05) is 28.8 Å². The minimum Gasteiger partial charge on any atom is -0.481 e. The molecule has 4 heterocycles. The summed E-state index contributed by atoms with van der Waals surface area (Å²) < 4.78 is 44.5. The summed E-state index contributed by atoms with van der Waals surface area (Å²) in [5.41, 5.74) is 0.312. The molecule has 2 atom stereocenters. The maximum Gasteiger partial charge on any atom is 0.416 e. The number of halogens is 3. The number of nitrogens with zero attached hydrogens (tertiary/aromatic N) is 5. The van der Waals surface area contributed by atoms with E-state index in [4.69, 9.17) is 4.74 Å². The summed E-state index contributed by atoms with van der Waals surface area (Å²) in [5, 5.41) is 12.9. The quantitative estimate of drug-likeness (QED) is 0.622. The molecule has 3 aromatic rings. The lowest BCUT2D eigenvalue weighted by Crippen LogP contribution is -2.66. The van der Waals surface area contributed by atoms with Gasteiger partial charge in [-0.3, -0.25) is 10.2 Å². The monoisotopic (exact) mass is 458 g/mol. The van der Waals surface area contributed by atoms with E-state index >= 15 is 0 Å². The van der Waals surface area contributed by atoms with Crippen LogP contribution in [0.1, 0.15) is 5.56 Å². The lowest BCUT2D eigenvalue weighted by molar-refractivity contribution is -0.137. The lowest BCUT2D eigenvalue weighted by atomic mass is 10.1. The van der Waals surface area contributed by atoms with Crippen LogP contribution in [0.3, 0.4) is 0 Å². The van der Waals surface area contributed by atoms with Crippen molar-refractivity contribution in [3.63, 3.8) is 0 Å². The molecule has 0 radical (unpaired) electrons. The van der Waals surface area contributed by atoms with Crippen molar-refractivity contribution in [3.05, 3.63) is 54.4 Å². The first-order chi connectivity index (χ1) is 15.8. The zero-order valence-electron chi connectivity index (χ0n) is 17.1. The molecule has 170 valence electrons. The maximum absolute atomic E-state index is 13.2. The van der Waals surface area contributed by atoms with E-state index < -0.39 is 30.0 Å². The van der Waals surface area contributed by atoms with E-state index in [1.165, 1.54) is 36.5 Å². The van der Waals surface area contributed by atoms with Crippen LogP contribution in [-0.2, 0) is 6.18 Å². The van der Waals surface area contributed by atoms with Gasteiger partial charge >= 0.3 is 12.2 Å². The Labute approximate surface area is 185 Å². The molecule has 2 aliphatic rings. The number of carbonyl (C=O) groups is 1. The number of aromatic nitrogens is 3. The first-order valence-corrected chi connectivity index (χ1v) is 9.86. The Balaban J connectivity index is 1.50. The molecule has 0 bridgehead atoms. The fourth-order valence-corrected chi connectivity index (χ4v) is 3.91. The van der Waals surface area contributed by atoms with Gasteiger partial charge in [0.25, 0.3) is 0 Å². The van der Waals surface area contributed by atoms with E-state index in [1.807, 2.05) is 0 Å². The van der Waals surface area contributed by atoms with E-state index in [0.29, 0.717) is 12.2 Å². The SMILES string of the molecule is COc1cc(NC(=O)N2c3nc(-c4cccc(C(F)(F)F)c4)ccc3N3C[C@@H](O)C32)ncn1. The Kier molecular flexibility index (Phi) is 4.81. The Morgan fingerprint density at radius 1 is 1.21 bits per heavy atom. The highest BCUT2D eigenvalue weighted by Gasteiger charge is 2.52. The molecule has 2 aliphatic heterocycles. The molecule has 1 unspecified atom stereocenters. The fraction of sp³-hybridized carbons (Fsp3) is 0.238. The number of pyridine rings is 1. The van der Waals surface area contributed by atoms with Gasteiger partial charge in [0.15, 0.2) is 5.82 Å². The highest BCUT2D eigenvalue weighted by atomic mass is 19.4. The zero-order valence-corrected chi connectivity index (χ0v) is 17.1. The third-order valence-corrected chi connectivity index (χ3v) is 5.49. The second kappa shape index (κ2) is 7.59. The molecule has 2 amide bonds. The fourth-order valence-electron chi connectivity index (χ4n) is 3.91. The van der Waals surface area contributed by atoms with Crippen molar-refractivity contribution in [3.8, 4) is 17.1 Å². The van der Waals surface area contributed by atoms with Crippen LogP contribution in [0.15, 0.2) is 48.8 Å². The normalized spacial score (nSPS) is 18.9. The molecule has 33 heavy (non-hydrogen) atoms. The van der Waals surface area contributed by atoms with Crippen LogP contribution in [-0.4, -0.2) is 52.0 Å². The van der Waals surface area contributed by atoms with Crippen molar-refractivity contribution in [2.45, 2.75) is 18.4 Å². The highest BCUT2D eigenvalue weighted by Crippen LogP contribution is 2.45. The topological polar surface area (TPSA) is 104 Å². The summed E-state index contributed by atoms with van der Waals surface area (Å²) in [7, 11) is 1.42. The van der Waals surface area contributed by atoms with Crippen molar-refractivity contribution >= 4 is 23.4 Å². The van der Waals surface area contributed by atoms with E-state index in [2.05, 4.69) is 20.3 Å². The number of ether oxygens (including phenoxy) is 1. The Bertz CT molecular complexity index is 1240. The second-order valence-corrected chi connectivity index (χ2v) is 7.50. The largest absolute Gasteiger partial charge is 0.481 e. The molecule has 9 nitrogen and oxygen atoms in total. The van der Waals surface area contributed by atoms with Gasteiger partial charge in [0, 0.05) is 11.6 Å². The van der Waals surface area contributed by atoms with Gasteiger partial charge in [-0.2, -0.15) is 13.2 Å². The number of amides is 2.